The Kier molecular flexibility index (Phi) is 7.67. The molecule has 4 nitrogen and oxygen atoms in total. The molecule has 0 atom stereocenters. The number of hydrogen-bond acceptors (Lipinski definition) is 4. The standard InChI is InChI=1S/C29H33F2N3O/c30-24-13-10-21(18-25(24)31)16-17-35-19-32-29-27(14-11-20-6-2-1-3-7-20)33-28-23-9-5-4-8-22(23)12-15-26(28)34-29/h4-5,8-10,13,18,20H,1-3,6-7,11-12,14-17,19H2,(H,32,34). The topological polar surface area (TPSA) is 47.0 Å². The van der Waals surface area contributed by atoms with Gasteiger partial charge in [-0.25, -0.2) is 18.7 Å². The molecular weight excluding hydrogens is 444 g/mol. The summed E-state index contributed by atoms with van der Waals surface area (Å²) in [5.74, 6) is -0.0688. The predicted octanol–water partition coefficient (Wildman–Crippen LogP) is 6.66. The highest BCUT2D eigenvalue weighted by Crippen LogP contribution is 2.34. The zero-order valence-corrected chi connectivity index (χ0v) is 20.2. The van der Waals surface area contributed by atoms with E-state index in [2.05, 4.69) is 29.6 Å². The minimum Gasteiger partial charge on any atom is -0.361 e. The summed E-state index contributed by atoms with van der Waals surface area (Å²) >= 11 is 0. The van der Waals surface area contributed by atoms with Crippen LogP contribution in [-0.4, -0.2) is 23.3 Å². The van der Waals surface area contributed by atoms with Gasteiger partial charge in [-0.1, -0.05) is 62.4 Å². The van der Waals surface area contributed by atoms with Gasteiger partial charge in [0, 0.05) is 5.56 Å². The van der Waals surface area contributed by atoms with E-state index in [0.29, 0.717) is 25.3 Å². The molecule has 5 rings (SSSR count). The fraction of sp³-hybridized carbons (Fsp3) is 0.448. The molecule has 0 saturated heterocycles. The van der Waals surface area contributed by atoms with Gasteiger partial charge < -0.3 is 10.1 Å². The lowest BCUT2D eigenvalue weighted by Gasteiger charge is -2.23. The Labute approximate surface area is 206 Å². The first-order chi connectivity index (χ1) is 17.2. The number of rotatable bonds is 9. The quantitative estimate of drug-likeness (QED) is 0.276. The summed E-state index contributed by atoms with van der Waals surface area (Å²) in [7, 11) is 0. The first-order valence-electron chi connectivity index (χ1n) is 12.9. The molecule has 1 saturated carbocycles. The van der Waals surface area contributed by atoms with Crippen molar-refractivity contribution in [1.29, 1.82) is 0 Å². The number of ether oxygens (including phenoxy) is 1. The molecule has 0 bridgehead atoms. The Morgan fingerprint density at radius 1 is 0.914 bits per heavy atom. The molecule has 2 aliphatic rings. The third-order valence-corrected chi connectivity index (χ3v) is 7.32. The van der Waals surface area contributed by atoms with Crippen LogP contribution in [0.3, 0.4) is 0 Å². The minimum atomic E-state index is -0.828. The summed E-state index contributed by atoms with van der Waals surface area (Å²) in [5.41, 5.74) is 6.33. The molecule has 6 heteroatoms. The van der Waals surface area contributed by atoms with Gasteiger partial charge in [-0.05, 0) is 61.3 Å². The van der Waals surface area contributed by atoms with Crippen molar-refractivity contribution in [3.05, 3.63) is 76.6 Å². The van der Waals surface area contributed by atoms with E-state index >= 15 is 0 Å². The first kappa shape index (κ1) is 23.9. The van der Waals surface area contributed by atoms with Crippen LogP contribution in [0.2, 0.25) is 0 Å². The largest absolute Gasteiger partial charge is 0.361 e. The molecule has 0 spiro atoms. The first-order valence-corrected chi connectivity index (χ1v) is 12.9. The van der Waals surface area contributed by atoms with E-state index in [-0.39, 0.29) is 0 Å². The third kappa shape index (κ3) is 5.87. The van der Waals surface area contributed by atoms with Crippen LogP contribution < -0.4 is 5.32 Å². The molecule has 0 radical (unpaired) electrons. The SMILES string of the molecule is Fc1ccc(CCOCNc2nc3c(nc2CCC2CCCCC2)-c2ccccc2CC3)cc1F. The van der Waals surface area contributed by atoms with E-state index in [9.17, 15) is 8.78 Å². The number of nitrogens with zero attached hydrogens (tertiary/aromatic N) is 2. The molecule has 1 N–H and O–H groups in total. The van der Waals surface area contributed by atoms with Crippen molar-refractivity contribution in [3.8, 4) is 11.3 Å². The lowest BCUT2D eigenvalue weighted by Crippen LogP contribution is -2.17. The van der Waals surface area contributed by atoms with E-state index in [1.165, 1.54) is 49.3 Å². The highest BCUT2D eigenvalue weighted by Gasteiger charge is 2.22. The Balaban J connectivity index is 1.26. The van der Waals surface area contributed by atoms with Gasteiger partial charge in [-0.15, -0.1) is 0 Å². The molecule has 0 amide bonds. The summed E-state index contributed by atoms with van der Waals surface area (Å²) in [5, 5.41) is 3.35. The Morgan fingerprint density at radius 2 is 1.77 bits per heavy atom. The Hall–Kier alpha value is -2.86. The summed E-state index contributed by atoms with van der Waals surface area (Å²) in [6.45, 7) is 0.700. The van der Waals surface area contributed by atoms with Gasteiger partial charge in [0.15, 0.2) is 11.6 Å². The van der Waals surface area contributed by atoms with Crippen molar-refractivity contribution in [2.75, 3.05) is 18.7 Å². The molecule has 35 heavy (non-hydrogen) atoms. The fourth-order valence-electron chi connectivity index (χ4n) is 5.33. The molecule has 2 aromatic carbocycles. The maximum Gasteiger partial charge on any atom is 0.159 e. The summed E-state index contributed by atoms with van der Waals surface area (Å²) in [6.07, 6.45) is 11.1. The zero-order valence-electron chi connectivity index (χ0n) is 20.2. The van der Waals surface area contributed by atoms with Crippen LogP contribution in [-0.2, 0) is 30.4 Å². The average molecular weight is 478 g/mol. The van der Waals surface area contributed by atoms with Crippen LogP contribution in [0.5, 0.6) is 0 Å². The monoisotopic (exact) mass is 477 g/mol. The molecule has 1 heterocycles. The predicted molar refractivity (Wildman–Crippen MR) is 134 cm³/mol. The van der Waals surface area contributed by atoms with E-state index in [0.717, 1.165) is 60.6 Å². The summed E-state index contributed by atoms with van der Waals surface area (Å²) in [6, 6.07) is 12.5. The number of fused-ring (bicyclic) bond motifs is 3. The Morgan fingerprint density at radius 3 is 2.63 bits per heavy atom. The van der Waals surface area contributed by atoms with Crippen molar-refractivity contribution < 1.29 is 13.5 Å². The van der Waals surface area contributed by atoms with Crippen molar-refractivity contribution in [1.82, 2.24) is 9.97 Å². The lowest BCUT2D eigenvalue weighted by atomic mass is 9.85. The van der Waals surface area contributed by atoms with Crippen molar-refractivity contribution in [2.45, 2.75) is 64.2 Å². The average Bonchev–Trinajstić information content (AvgIpc) is 2.89. The molecule has 2 aliphatic carbocycles. The Bertz CT molecular complexity index is 1160. The maximum absolute atomic E-state index is 13.4. The van der Waals surface area contributed by atoms with Crippen LogP contribution >= 0.6 is 0 Å². The normalized spacial score (nSPS) is 15.5. The number of halogens is 2. The minimum absolute atomic E-state index is 0.296. The molecule has 184 valence electrons. The van der Waals surface area contributed by atoms with Gasteiger partial charge in [0.05, 0.1) is 23.7 Å². The van der Waals surface area contributed by atoms with Gasteiger partial charge >= 0.3 is 0 Å². The number of aryl methyl sites for hydroxylation is 3. The van der Waals surface area contributed by atoms with Crippen LogP contribution in [0.1, 0.15) is 61.0 Å². The molecular formula is C29H33F2N3O. The van der Waals surface area contributed by atoms with Crippen molar-refractivity contribution >= 4 is 5.82 Å². The maximum atomic E-state index is 13.4. The van der Waals surface area contributed by atoms with Gasteiger partial charge in [-0.2, -0.15) is 0 Å². The molecule has 1 aromatic heterocycles. The van der Waals surface area contributed by atoms with Crippen molar-refractivity contribution in [2.24, 2.45) is 5.92 Å². The van der Waals surface area contributed by atoms with Gasteiger partial charge in [0.2, 0.25) is 0 Å². The van der Waals surface area contributed by atoms with Crippen molar-refractivity contribution in [3.63, 3.8) is 0 Å². The van der Waals surface area contributed by atoms with Crippen LogP contribution in [0.4, 0.5) is 14.6 Å². The summed E-state index contributed by atoms with van der Waals surface area (Å²) < 4.78 is 32.3. The number of benzene rings is 2. The highest BCUT2D eigenvalue weighted by molar-refractivity contribution is 5.69. The van der Waals surface area contributed by atoms with E-state index < -0.39 is 11.6 Å². The van der Waals surface area contributed by atoms with Gasteiger partial charge in [0.25, 0.3) is 0 Å². The second-order valence-electron chi connectivity index (χ2n) is 9.74. The fourth-order valence-corrected chi connectivity index (χ4v) is 5.33. The number of hydrogen-bond donors (Lipinski definition) is 1. The van der Waals surface area contributed by atoms with Gasteiger partial charge in [0.1, 0.15) is 12.5 Å². The van der Waals surface area contributed by atoms with E-state index in [4.69, 9.17) is 14.7 Å². The second-order valence-corrected chi connectivity index (χ2v) is 9.74. The summed E-state index contributed by atoms with van der Waals surface area (Å²) in [4.78, 5) is 10.2. The molecule has 3 aromatic rings. The molecule has 0 unspecified atom stereocenters. The smallest absolute Gasteiger partial charge is 0.159 e. The van der Waals surface area contributed by atoms with Crippen LogP contribution in [0.25, 0.3) is 11.3 Å². The van der Waals surface area contributed by atoms with E-state index in [1.54, 1.807) is 6.07 Å². The van der Waals surface area contributed by atoms with Crippen LogP contribution in [0, 0.1) is 17.6 Å². The highest BCUT2D eigenvalue weighted by atomic mass is 19.2. The number of nitrogens with one attached hydrogen (secondary N) is 1. The second kappa shape index (κ2) is 11.3. The van der Waals surface area contributed by atoms with Crippen LogP contribution in [0.15, 0.2) is 42.5 Å². The molecule has 1 fully saturated rings. The van der Waals surface area contributed by atoms with E-state index in [1.807, 2.05) is 0 Å². The molecule has 0 aliphatic heterocycles. The number of aromatic nitrogens is 2. The number of anilines is 1. The zero-order chi connectivity index (χ0) is 24.0. The lowest BCUT2D eigenvalue weighted by molar-refractivity contribution is 0.155. The van der Waals surface area contributed by atoms with Gasteiger partial charge in [-0.3, -0.25) is 0 Å². The third-order valence-electron chi connectivity index (χ3n) is 7.32.